The summed E-state index contributed by atoms with van der Waals surface area (Å²) in [5.74, 6) is 1.15. The van der Waals surface area contributed by atoms with Gasteiger partial charge in [-0.1, -0.05) is 43.3 Å². The molecule has 1 atom stereocenters. The van der Waals surface area contributed by atoms with Gasteiger partial charge in [-0.15, -0.1) is 0 Å². The number of hydrogen-bond acceptors (Lipinski definition) is 3. The number of halogens is 1. The molecule has 176 valence electrons. The molecule has 6 heteroatoms. The van der Waals surface area contributed by atoms with E-state index in [0.717, 1.165) is 53.8 Å². The predicted molar refractivity (Wildman–Crippen MR) is 131 cm³/mol. The van der Waals surface area contributed by atoms with Crippen molar-refractivity contribution in [3.63, 3.8) is 0 Å². The van der Waals surface area contributed by atoms with E-state index in [2.05, 4.69) is 0 Å². The fraction of sp³-hybridized carbons (Fsp3) is 0.393. The van der Waals surface area contributed by atoms with Gasteiger partial charge in [0.05, 0.1) is 0 Å². The maximum absolute atomic E-state index is 13.5. The Morgan fingerprint density at radius 3 is 2.24 bits per heavy atom. The van der Waals surface area contributed by atoms with Crippen LogP contribution in [-0.2, 0) is 17.8 Å². The Labute approximate surface area is 199 Å². The number of rotatable bonds is 6. The molecule has 0 bridgehead atoms. The maximum Gasteiger partial charge on any atom is 0.257 e. The van der Waals surface area contributed by atoms with Gasteiger partial charge in [0.15, 0.2) is 0 Å². The van der Waals surface area contributed by atoms with Crippen LogP contribution >= 0.6 is 0 Å². The Hall–Kier alpha value is -3.28. The Morgan fingerprint density at radius 2 is 1.62 bits per heavy atom. The van der Waals surface area contributed by atoms with Crippen molar-refractivity contribution in [1.29, 1.82) is 0 Å². The third-order valence-electron chi connectivity index (χ3n) is 7.11. The van der Waals surface area contributed by atoms with Crippen LogP contribution in [0.4, 0.5) is 4.39 Å². The van der Waals surface area contributed by atoms with Crippen molar-refractivity contribution in [2.75, 3.05) is 13.1 Å². The molecule has 1 aliphatic heterocycles. The highest BCUT2D eigenvalue weighted by molar-refractivity contribution is 5.81. The van der Waals surface area contributed by atoms with Crippen molar-refractivity contribution in [3.05, 3.63) is 76.0 Å². The zero-order chi connectivity index (χ0) is 23.8. The quantitative estimate of drug-likeness (QED) is 0.530. The lowest BCUT2D eigenvalue weighted by molar-refractivity contribution is -0.131. The lowest BCUT2D eigenvalue weighted by Crippen LogP contribution is -2.33. The average molecular weight is 460 g/mol. The molecule has 2 fully saturated rings. The third-order valence-corrected chi connectivity index (χ3v) is 7.11. The number of likely N-dealkylation sites (tertiary alicyclic amines) is 1. The minimum absolute atomic E-state index is 0.0135. The lowest BCUT2D eigenvalue weighted by atomic mass is 10.0. The number of carbonyl (C=O) groups excluding carboxylic acids is 1. The fourth-order valence-electron chi connectivity index (χ4n) is 4.98. The van der Waals surface area contributed by atoms with E-state index in [1.807, 2.05) is 47.6 Å². The first-order valence-corrected chi connectivity index (χ1v) is 12.2. The molecule has 1 saturated carbocycles. The van der Waals surface area contributed by atoms with Crippen molar-refractivity contribution in [1.82, 2.24) is 14.5 Å². The second-order valence-electron chi connectivity index (χ2n) is 9.57. The molecule has 5 rings (SSSR count). The number of benzene rings is 2. The van der Waals surface area contributed by atoms with Crippen molar-refractivity contribution in [2.45, 2.75) is 46.1 Å². The molecule has 1 saturated heterocycles. The zero-order valence-electron chi connectivity index (χ0n) is 19.8. The summed E-state index contributed by atoms with van der Waals surface area (Å²) in [5.41, 5.74) is 4.30. The second-order valence-corrected chi connectivity index (χ2v) is 9.57. The molecular weight excluding hydrogens is 429 g/mol. The summed E-state index contributed by atoms with van der Waals surface area (Å²) in [6, 6.07) is 14.3. The Bertz CT molecular complexity index is 1260. The number of hydrogen-bond donors (Lipinski definition) is 0. The highest BCUT2D eigenvalue weighted by Crippen LogP contribution is 2.33. The van der Waals surface area contributed by atoms with Crippen molar-refractivity contribution < 1.29 is 9.18 Å². The van der Waals surface area contributed by atoms with E-state index >= 15 is 0 Å². The number of carbonyl (C=O) groups is 1. The fourth-order valence-corrected chi connectivity index (χ4v) is 4.98. The van der Waals surface area contributed by atoms with Crippen molar-refractivity contribution in [2.24, 2.45) is 11.8 Å². The first-order valence-electron chi connectivity index (χ1n) is 12.2. The van der Waals surface area contributed by atoms with Crippen LogP contribution in [0, 0.1) is 24.6 Å². The van der Waals surface area contributed by atoms with E-state index in [-0.39, 0.29) is 29.1 Å². The summed E-state index contributed by atoms with van der Waals surface area (Å²) in [7, 11) is 0. The smallest absolute Gasteiger partial charge is 0.257 e. The van der Waals surface area contributed by atoms with Crippen LogP contribution < -0.4 is 5.56 Å². The SMILES string of the molecule is CCc1c(C)nc(-c2ccc(-c3ccc(F)cc3)cc2)n(C[C@@H]2CCN(C(=O)C3CC3)C2)c1=O. The molecule has 34 heavy (non-hydrogen) atoms. The minimum Gasteiger partial charge on any atom is -0.342 e. The van der Waals surface area contributed by atoms with E-state index in [1.165, 1.54) is 12.1 Å². The first kappa shape index (κ1) is 22.5. The minimum atomic E-state index is -0.260. The molecular formula is C28H30FN3O2. The van der Waals surface area contributed by atoms with E-state index in [0.29, 0.717) is 25.3 Å². The molecule has 1 aliphatic carbocycles. The van der Waals surface area contributed by atoms with Crippen LogP contribution in [-0.4, -0.2) is 33.4 Å². The lowest BCUT2D eigenvalue weighted by Gasteiger charge is -2.20. The zero-order valence-corrected chi connectivity index (χ0v) is 19.8. The summed E-state index contributed by atoms with van der Waals surface area (Å²) in [6.07, 6.45) is 3.57. The van der Waals surface area contributed by atoms with Crippen LogP contribution in [0.25, 0.3) is 22.5 Å². The number of aryl methyl sites for hydroxylation is 1. The standard InChI is InChI=1S/C28H30FN3O2/c1-3-25-18(2)30-26(22-6-4-20(5-7-22)21-10-12-24(29)13-11-21)32(28(25)34)17-19-14-15-31(16-19)27(33)23-8-9-23/h4-7,10-13,19,23H,3,8-9,14-17H2,1-2H3/t19-/m1/s1. The van der Waals surface area contributed by atoms with Crippen LogP contribution in [0.15, 0.2) is 53.3 Å². The van der Waals surface area contributed by atoms with Gasteiger partial charge in [-0.05, 0) is 61.8 Å². The highest BCUT2D eigenvalue weighted by Gasteiger charge is 2.36. The predicted octanol–water partition coefficient (Wildman–Crippen LogP) is 4.85. The van der Waals surface area contributed by atoms with Gasteiger partial charge in [0.2, 0.25) is 5.91 Å². The molecule has 0 unspecified atom stereocenters. The summed E-state index contributed by atoms with van der Waals surface area (Å²) in [4.78, 5) is 32.8. The van der Waals surface area contributed by atoms with Gasteiger partial charge in [0, 0.05) is 42.4 Å². The monoisotopic (exact) mass is 459 g/mol. The van der Waals surface area contributed by atoms with Crippen molar-refractivity contribution >= 4 is 5.91 Å². The number of nitrogens with zero attached hydrogens (tertiary/aromatic N) is 3. The van der Waals surface area contributed by atoms with Gasteiger partial charge in [0.1, 0.15) is 11.6 Å². The first-order chi connectivity index (χ1) is 16.4. The van der Waals surface area contributed by atoms with Gasteiger partial charge in [-0.3, -0.25) is 14.2 Å². The molecule has 1 amide bonds. The summed E-state index contributed by atoms with van der Waals surface area (Å²) in [6.45, 7) is 5.92. The van der Waals surface area contributed by atoms with E-state index < -0.39 is 0 Å². The van der Waals surface area contributed by atoms with Crippen LogP contribution in [0.1, 0.15) is 37.4 Å². The van der Waals surface area contributed by atoms with E-state index in [4.69, 9.17) is 4.98 Å². The largest absolute Gasteiger partial charge is 0.342 e. The molecule has 5 nitrogen and oxygen atoms in total. The molecule has 2 heterocycles. The van der Waals surface area contributed by atoms with Crippen molar-refractivity contribution in [3.8, 4) is 22.5 Å². The Morgan fingerprint density at radius 1 is 1.00 bits per heavy atom. The van der Waals surface area contributed by atoms with Gasteiger partial charge in [-0.25, -0.2) is 9.37 Å². The summed E-state index contributed by atoms with van der Waals surface area (Å²) < 4.78 is 15.1. The van der Waals surface area contributed by atoms with E-state index in [9.17, 15) is 14.0 Å². The molecule has 0 radical (unpaired) electrons. The summed E-state index contributed by atoms with van der Waals surface area (Å²) in [5, 5.41) is 0. The molecule has 0 spiro atoms. The van der Waals surface area contributed by atoms with Crippen LogP contribution in [0.5, 0.6) is 0 Å². The van der Waals surface area contributed by atoms with Gasteiger partial charge in [-0.2, -0.15) is 0 Å². The van der Waals surface area contributed by atoms with Gasteiger partial charge < -0.3 is 4.90 Å². The summed E-state index contributed by atoms with van der Waals surface area (Å²) >= 11 is 0. The molecule has 1 aromatic heterocycles. The second kappa shape index (κ2) is 9.16. The van der Waals surface area contributed by atoms with Gasteiger partial charge >= 0.3 is 0 Å². The van der Waals surface area contributed by atoms with Gasteiger partial charge in [0.25, 0.3) is 5.56 Å². The molecule has 0 N–H and O–H groups in total. The molecule has 2 aliphatic rings. The average Bonchev–Trinajstić information content (AvgIpc) is 3.59. The topological polar surface area (TPSA) is 55.2 Å². The number of amides is 1. The molecule has 2 aromatic carbocycles. The van der Waals surface area contributed by atoms with E-state index in [1.54, 1.807) is 12.1 Å². The highest BCUT2D eigenvalue weighted by atomic mass is 19.1. The third kappa shape index (κ3) is 4.41. The number of aromatic nitrogens is 2. The van der Waals surface area contributed by atoms with Crippen LogP contribution in [0.2, 0.25) is 0 Å². The van der Waals surface area contributed by atoms with Crippen LogP contribution in [0.3, 0.4) is 0 Å². The molecule has 3 aromatic rings. The Kier molecular flexibility index (Phi) is 6.07. The normalized spacial score (nSPS) is 17.9. The maximum atomic E-state index is 13.5. The Balaban J connectivity index is 1.45.